The molecule has 0 spiro atoms. The number of hydrogen-bond acceptors (Lipinski definition) is 2. The van der Waals surface area contributed by atoms with Gasteiger partial charge in [0.2, 0.25) is 0 Å². The van der Waals surface area contributed by atoms with E-state index >= 15 is 0 Å². The molecule has 0 heterocycles. The summed E-state index contributed by atoms with van der Waals surface area (Å²) in [6, 6.07) is 14.8. The molecule has 1 unspecified atom stereocenters. The van der Waals surface area contributed by atoms with Gasteiger partial charge in [0.15, 0.2) is 0 Å². The first-order valence-electron chi connectivity index (χ1n) is 5.43. The largest absolute Gasteiger partial charge is 0.384 e. The minimum Gasteiger partial charge on any atom is -0.384 e. The van der Waals surface area contributed by atoms with E-state index in [1.165, 1.54) is 0 Å². The smallest absolute Gasteiger partial charge is 0.104 e. The van der Waals surface area contributed by atoms with Gasteiger partial charge in [0.25, 0.3) is 0 Å². The molecule has 0 radical (unpaired) electrons. The zero-order chi connectivity index (χ0) is 12.3. The van der Waals surface area contributed by atoms with Gasteiger partial charge in [0.05, 0.1) is 0 Å². The van der Waals surface area contributed by atoms with E-state index in [2.05, 4.69) is 0 Å². The van der Waals surface area contributed by atoms with Crippen LogP contribution in [0.1, 0.15) is 22.8 Å². The molecule has 0 bridgehead atoms. The Hall–Kier alpha value is -1.35. The Morgan fingerprint density at radius 3 is 1.88 bits per heavy atom. The van der Waals surface area contributed by atoms with Crippen LogP contribution >= 0.6 is 11.6 Å². The molecule has 17 heavy (non-hydrogen) atoms. The lowest BCUT2D eigenvalue weighted by molar-refractivity contribution is 0.220. The Kier molecular flexibility index (Phi) is 3.79. The molecule has 0 fully saturated rings. The first-order chi connectivity index (χ1) is 8.20. The van der Waals surface area contributed by atoms with Crippen LogP contribution in [0, 0.1) is 0 Å². The van der Waals surface area contributed by atoms with Crippen LogP contribution < -0.4 is 5.73 Å². The van der Waals surface area contributed by atoms with Crippen LogP contribution in [0.4, 0.5) is 0 Å². The van der Waals surface area contributed by atoms with Crippen LogP contribution in [0.2, 0.25) is 5.02 Å². The van der Waals surface area contributed by atoms with Crippen LogP contribution in [-0.2, 0) is 6.54 Å². The molecule has 0 amide bonds. The fourth-order valence-corrected chi connectivity index (χ4v) is 1.80. The summed E-state index contributed by atoms with van der Waals surface area (Å²) in [6.07, 6.45) is -0.626. The minimum atomic E-state index is -0.626. The number of hydrogen-bond donors (Lipinski definition) is 2. The van der Waals surface area contributed by atoms with Gasteiger partial charge in [-0.3, -0.25) is 0 Å². The highest BCUT2D eigenvalue weighted by Crippen LogP contribution is 2.23. The summed E-state index contributed by atoms with van der Waals surface area (Å²) in [5.41, 5.74) is 8.26. The maximum absolute atomic E-state index is 10.2. The predicted molar refractivity (Wildman–Crippen MR) is 69.8 cm³/mol. The highest BCUT2D eigenvalue weighted by atomic mass is 35.5. The summed E-state index contributed by atoms with van der Waals surface area (Å²) in [5.74, 6) is 0. The van der Waals surface area contributed by atoms with Crippen molar-refractivity contribution in [2.24, 2.45) is 5.73 Å². The number of aliphatic hydroxyl groups excluding tert-OH is 1. The number of aliphatic hydroxyl groups is 1. The Morgan fingerprint density at radius 2 is 1.41 bits per heavy atom. The SMILES string of the molecule is NCc1ccc(C(O)c2ccc(Cl)cc2)cc1. The van der Waals surface area contributed by atoms with E-state index in [4.69, 9.17) is 17.3 Å². The third kappa shape index (κ3) is 2.86. The molecule has 0 aliphatic carbocycles. The van der Waals surface area contributed by atoms with Crippen molar-refractivity contribution in [3.05, 3.63) is 70.2 Å². The van der Waals surface area contributed by atoms with Crippen LogP contribution in [0.5, 0.6) is 0 Å². The standard InChI is InChI=1S/C14H14ClNO/c15-13-7-5-12(6-8-13)14(17)11-3-1-10(9-16)2-4-11/h1-8,14,17H,9,16H2. The lowest BCUT2D eigenvalue weighted by Gasteiger charge is -2.12. The van der Waals surface area contributed by atoms with Crippen LogP contribution in [-0.4, -0.2) is 5.11 Å². The van der Waals surface area contributed by atoms with Crippen molar-refractivity contribution in [1.29, 1.82) is 0 Å². The fourth-order valence-electron chi connectivity index (χ4n) is 1.67. The topological polar surface area (TPSA) is 46.2 Å². The third-order valence-electron chi connectivity index (χ3n) is 2.72. The Bertz CT molecular complexity index is 479. The van der Waals surface area contributed by atoms with Gasteiger partial charge in [-0.05, 0) is 28.8 Å². The van der Waals surface area contributed by atoms with Crippen LogP contribution in [0.3, 0.4) is 0 Å². The minimum absolute atomic E-state index is 0.511. The quantitative estimate of drug-likeness (QED) is 0.876. The van der Waals surface area contributed by atoms with Crippen molar-refractivity contribution in [3.63, 3.8) is 0 Å². The van der Waals surface area contributed by atoms with Gasteiger partial charge < -0.3 is 10.8 Å². The Labute approximate surface area is 106 Å². The summed E-state index contributed by atoms with van der Waals surface area (Å²) in [5, 5.41) is 10.8. The van der Waals surface area contributed by atoms with Crippen molar-refractivity contribution < 1.29 is 5.11 Å². The second-order valence-electron chi connectivity index (χ2n) is 3.90. The summed E-state index contributed by atoms with van der Waals surface area (Å²) in [6.45, 7) is 0.511. The van der Waals surface area contributed by atoms with E-state index in [1.54, 1.807) is 12.1 Å². The predicted octanol–water partition coefficient (Wildman–Crippen LogP) is 2.88. The average molecular weight is 248 g/mol. The van der Waals surface area contributed by atoms with E-state index in [0.29, 0.717) is 11.6 Å². The fraction of sp³-hybridized carbons (Fsp3) is 0.143. The number of halogens is 1. The lowest BCUT2D eigenvalue weighted by atomic mass is 10.0. The van der Waals surface area contributed by atoms with Crippen molar-refractivity contribution in [2.45, 2.75) is 12.6 Å². The van der Waals surface area contributed by atoms with Gasteiger partial charge in [0.1, 0.15) is 6.10 Å². The lowest BCUT2D eigenvalue weighted by Crippen LogP contribution is -2.01. The highest BCUT2D eigenvalue weighted by molar-refractivity contribution is 6.30. The second kappa shape index (κ2) is 5.32. The van der Waals surface area contributed by atoms with Gasteiger partial charge in [-0.15, -0.1) is 0 Å². The maximum Gasteiger partial charge on any atom is 0.104 e. The summed E-state index contributed by atoms with van der Waals surface area (Å²) in [7, 11) is 0. The number of nitrogens with two attached hydrogens (primary N) is 1. The van der Waals surface area contributed by atoms with E-state index in [1.807, 2.05) is 36.4 Å². The Balaban J connectivity index is 2.23. The first-order valence-corrected chi connectivity index (χ1v) is 5.81. The Morgan fingerprint density at radius 1 is 0.941 bits per heavy atom. The van der Waals surface area contributed by atoms with Gasteiger partial charge in [0, 0.05) is 11.6 Å². The molecule has 2 nitrogen and oxygen atoms in total. The van der Waals surface area contributed by atoms with Gasteiger partial charge >= 0.3 is 0 Å². The zero-order valence-electron chi connectivity index (χ0n) is 9.31. The van der Waals surface area contributed by atoms with Crippen LogP contribution in [0.15, 0.2) is 48.5 Å². The molecule has 0 saturated heterocycles. The molecular weight excluding hydrogens is 234 g/mol. The van der Waals surface area contributed by atoms with Gasteiger partial charge in [-0.2, -0.15) is 0 Å². The zero-order valence-corrected chi connectivity index (χ0v) is 10.1. The molecular formula is C14H14ClNO. The number of rotatable bonds is 3. The summed E-state index contributed by atoms with van der Waals surface area (Å²) in [4.78, 5) is 0. The molecule has 3 N–H and O–H groups in total. The van der Waals surface area contributed by atoms with E-state index in [9.17, 15) is 5.11 Å². The summed E-state index contributed by atoms with van der Waals surface area (Å²) >= 11 is 5.81. The molecule has 2 aromatic rings. The molecule has 0 aromatic heterocycles. The maximum atomic E-state index is 10.2. The molecule has 2 aromatic carbocycles. The molecule has 1 atom stereocenters. The monoisotopic (exact) mass is 247 g/mol. The van der Waals surface area contributed by atoms with E-state index in [0.717, 1.165) is 16.7 Å². The molecule has 0 aliphatic heterocycles. The first kappa shape index (κ1) is 12.1. The molecule has 3 heteroatoms. The van der Waals surface area contributed by atoms with Crippen LogP contribution in [0.25, 0.3) is 0 Å². The van der Waals surface area contributed by atoms with E-state index < -0.39 is 6.10 Å². The normalized spacial score (nSPS) is 12.4. The second-order valence-corrected chi connectivity index (χ2v) is 4.34. The van der Waals surface area contributed by atoms with Gasteiger partial charge in [-0.25, -0.2) is 0 Å². The summed E-state index contributed by atoms with van der Waals surface area (Å²) < 4.78 is 0. The van der Waals surface area contributed by atoms with Crippen molar-refractivity contribution in [1.82, 2.24) is 0 Å². The van der Waals surface area contributed by atoms with Crippen molar-refractivity contribution in [2.75, 3.05) is 0 Å². The molecule has 88 valence electrons. The average Bonchev–Trinajstić information content (AvgIpc) is 2.39. The molecule has 0 saturated carbocycles. The van der Waals surface area contributed by atoms with Crippen molar-refractivity contribution in [3.8, 4) is 0 Å². The highest BCUT2D eigenvalue weighted by Gasteiger charge is 2.09. The van der Waals surface area contributed by atoms with Gasteiger partial charge in [-0.1, -0.05) is 48.0 Å². The molecule has 0 aliphatic rings. The van der Waals surface area contributed by atoms with E-state index in [-0.39, 0.29) is 0 Å². The van der Waals surface area contributed by atoms with Crippen molar-refractivity contribution >= 4 is 11.6 Å². The third-order valence-corrected chi connectivity index (χ3v) is 2.97. The molecule has 2 rings (SSSR count). The number of benzene rings is 2.